The summed E-state index contributed by atoms with van der Waals surface area (Å²) in [5.41, 5.74) is 0.312. The van der Waals surface area contributed by atoms with Crippen molar-refractivity contribution in [3.63, 3.8) is 0 Å². The van der Waals surface area contributed by atoms with Crippen LogP contribution in [-0.4, -0.2) is 32.5 Å². The molecule has 1 unspecified atom stereocenters. The summed E-state index contributed by atoms with van der Waals surface area (Å²) in [7, 11) is -2.83. The minimum atomic E-state index is -2.83. The Hall–Kier alpha value is -0.0900. The molecule has 0 spiro atoms. The monoisotopic (exact) mass is 261 g/mol. The van der Waals surface area contributed by atoms with E-state index in [9.17, 15) is 8.42 Å². The molecule has 0 aliphatic heterocycles. The van der Waals surface area contributed by atoms with Gasteiger partial charge in [-0.1, -0.05) is 33.6 Å². The molecule has 4 heteroatoms. The first-order valence-corrected chi connectivity index (χ1v) is 8.63. The first-order chi connectivity index (χ1) is 7.87. The molecule has 0 aromatic heterocycles. The lowest BCUT2D eigenvalue weighted by Gasteiger charge is -2.39. The van der Waals surface area contributed by atoms with Crippen LogP contribution in [0.4, 0.5) is 0 Å². The number of nitrogens with one attached hydrogen (secondary N) is 1. The van der Waals surface area contributed by atoms with Crippen molar-refractivity contribution in [2.45, 2.75) is 58.9 Å². The van der Waals surface area contributed by atoms with E-state index >= 15 is 0 Å². The summed E-state index contributed by atoms with van der Waals surface area (Å²) < 4.78 is 23.2. The van der Waals surface area contributed by atoms with E-state index in [1.807, 2.05) is 6.92 Å². The zero-order valence-electron chi connectivity index (χ0n) is 11.5. The Kier molecular flexibility index (Phi) is 5.45. The predicted molar refractivity (Wildman–Crippen MR) is 73.0 cm³/mol. The molecule has 1 saturated carbocycles. The Morgan fingerprint density at radius 1 is 1.24 bits per heavy atom. The average Bonchev–Trinajstić information content (AvgIpc) is 2.20. The molecule has 0 bridgehead atoms. The van der Waals surface area contributed by atoms with E-state index < -0.39 is 9.84 Å². The Morgan fingerprint density at radius 2 is 1.94 bits per heavy atom. The van der Waals surface area contributed by atoms with Gasteiger partial charge in [0, 0.05) is 18.3 Å². The van der Waals surface area contributed by atoms with Crippen LogP contribution >= 0.6 is 0 Å². The first kappa shape index (κ1) is 15.0. The summed E-state index contributed by atoms with van der Waals surface area (Å²) >= 11 is 0. The van der Waals surface area contributed by atoms with E-state index in [-0.39, 0.29) is 5.75 Å². The van der Waals surface area contributed by atoms with Crippen LogP contribution in [0, 0.1) is 5.41 Å². The summed E-state index contributed by atoms with van der Waals surface area (Å²) in [5.74, 6) is 0.607. The van der Waals surface area contributed by atoms with E-state index in [0.717, 1.165) is 6.42 Å². The molecule has 0 amide bonds. The van der Waals surface area contributed by atoms with Gasteiger partial charge in [-0.3, -0.25) is 0 Å². The molecule has 0 radical (unpaired) electrons. The van der Waals surface area contributed by atoms with Gasteiger partial charge in [0.2, 0.25) is 0 Å². The van der Waals surface area contributed by atoms with Crippen molar-refractivity contribution in [3.05, 3.63) is 0 Å². The zero-order chi connectivity index (χ0) is 12.9. The standard InChI is InChI=1S/C13H27NO2S/c1-4-10-17(15,16)11-9-14-12-7-5-6-8-13(12,2)3/h12,14H,4-11H2,1-3H3. The van der Waals surface area contributed by atoms with Crippen molar-refractivity contribution in [1.29, 1.82) is 0 Å². The SMILES string of the molecule is CCCS(=O)(=O)CCNC1CCCCC1(C)C. The van der Waals surface area contributed by atoms with Crippen LogP contribution in [0.15, 0.2) is 0 Å². The van der Waals surface area contributed by atoms with Crippen molar-refractivity contribution >= 4 is 9.84 Å². The van der Waals surface area contributed by atoms with E-state index in [2.05, 4.69) is 19.2 Å². The van der Waals surface area contributed by atoms with Gasteiger partial charge >= 0.3 is 0 Å². The van der Waals surface area contributed by atoms with Crippen LogP contribution in [0.3, 0.4) is 0 Å². The Balaban J connectivity index is 2.35. The zero-order valence-corrected chi connectivity index (χ0v) is 12.3. The third-order valence-electron chi connectivity index (χ3n) is 3.83. The van der Waals surface area contributed by atoms with Crippen molar-refractivity contribution in [1.82, 2.24) is 5.32 Å². The van der Waals surface area contributed by atoms with Crippen LogP contribution in [0.2, 0.25) is 0 Å². The van der Waals surface area contributed by atoms with Crippen LogP contribution in [-0.2, 0) is 9.84 Å². The number of sulfone groups is 1. The molecule has 17 heavy (non-hydrogen) atoms. The van der Waals surface area contributed by atoms with Crippen molar-refractivity contribution < 1.29 is 8.42 Å². The number of hydrogen-bond donors (Lipinski definition) is 1. The topological polar surface area (TPSA) is 46.2 Å². The van der Waals surface area contributed by atoms with Gasteiger partial charge in [-0.25, -0.2) is 8.42 Å². The van der Waals surface area contributed by atoms with Crippen LogP contribution in [0.1, 0.15) is 52.9 Å². The first-order valence-electron chi connectivity index (χ1n) is 6.81. The minimum Gasteiger partial charge on any atom is -0.312 e. The van der Waals surface area contributed by atoms with Crippen molar-refractivity contribution in [2.24, 2.45) is 5.41 Å². The van der Waals surface area contributed by atoms with Gasteiger partial charge < -0.3 is 5.32 Å². The largest absolute Gasteiger partial charge is 0.312 e. The van der Waals surface area contributed by atoms with Gasteiger partial charge in [0.1, 0.15) is 0 Å². The van der Waals surface area contributed by atoms with Crippen LogP contribution in [0.25, 0.3) is 0 Å². The third kappa shape index (κ3) is 4.96. The molecule has 102 valence electrons. The van der Waals surface area contributed by atoms with Gasteiger partial charge in [-0.2, -0.15) is 0 Å². The normalized spacial score (nSPS) is 24.8. The molecule has 0 saturated heterocycles. The fourth-order valence-electron chi connectivity index (χ4n) is 2.67. The molecule has 1 fully saturated rings. The summed E-state index contributed by atoms with van der Waals surface area (Å²) in [6.45, 7) is 7.08. The van der Waals surface area contributed by atoms with Crippen molar-refractivity contribution in [2.75, 3.05) is 18.1 Å². The quantitative estimate of drug-likeness (QED) is 0.798. The molecule has 3 nitrogen and oxygen atoms in total. The maximum atomic E-state index is 11.6. The second-order valence-electron chi connectivity index (χ2n) is 5.89. The van der Waals surface area contributed by atoms with Gasteiger partial charge in [0.15, 0.2) is 9.84 Å². The average molecular weight is 261 g/mol. The second kappa shape index (κ2) is 6.19. The lowest BCUT2D eigenvalue weighted by molar-refractivity contribution is 0.170. The van der Waals surface area contributed by atoms with Gasteiger partial charge in [0.05, 0.1) is 5.75 Å². The third-order valence-corrected chi connectivity index (χ3v) is 5.68. The highest BCUT2D eigenvalue weighted by Crippen LogP contribution is 2.35. The number of hydrogen-bond acceptors (Lipinski definition) is 3. The molecule has 1 atom stereocenters. The molecular formula is C13H27NO2S. The summed E-state index contributed by atoms with van der Waals surface area (Å²) in [5, 5.41) is 3.45. The van der Waals surface area contributed by atoms with E-state index in [1.54, 1.807) is 0 Å². The van der Waals surface area contributed by atoms with Gasteiger partial charge in [0.25, 0.3) is 0 Å². The van der Waals surface area contributed by atoms with E-state index in [1.165, 1.54) is 25.7 Å². The summed E-state index contributed by atoms with van der Waals surface area (Å²) in [4.78, 5) is 0. The predicted octanol–water partition coefficient (Wildman–Crippen LogP) is 2.37. The fraction of sp³-hybridized carbons (Fsp3) is 1.00. The van der Waals surface area contributed by atoms with Crippen molar-refractivity contribution in [3.8, 4) is 0 Å². The van der Waals surface area contributed by atoms with Gasteiger partial charge in [-0.15, -0.1) is 0 Å². The van der Waals surface area contributed by atoms with E-state index in [4.69, 9.17) is 0 Å². The highest BCUT2D eigenvalue weighted by atomic mass is 32.2. The maximum Gasteiger partial charge on any atom is 0.151 e. The molecular weight excluding hydrogens is 234 g/mol. The summed E-state index contributed by atoms with van der Waals surface area (Å²) in [6, 6.07) is 0.480. The summed E-state index contributed by atoms with van der Waals surface area (Å²) in [6.07, 6.45) is 5.71. The van der Waals surface area contributed by atoms with E-state index in [0.29, 0.717) is 23.8 Å². The lowest BCUT2D eigenvalue weighted by atomic mass is 9.73. The molecule has 1 aliphatic carbocycles. The molecule has 0 heterocycles. The maximum absolute atomic E-state index is 11.6. The lowest BCUT2D eigenvalue weighted by Crippen LogP contribution is -2.45. The molecule has 1 rings (SSSR count). The highest BCUT2D eigenvalue weighted by Gasteiger charge is 2.31. The fourth-order valence-corrected chi connectivity index (χ4v) is 3.93. The highest BCUT2D eigenvalue weighted by molar-refractivity contribution is 7.91. The Morgan fingerprint density at radius 3 is 2.53 bits per heavy atom. The molecule has 0 aromatic carbocycles. The smallest absolute Gasteiger partial charge is 0.151 e. The number of rotatable bonds is 6. The van der Waals surface area contributed by atoms with Crippen LogP contribution < -0.4 is 5.32 Å². The molecule has 1 N–H and O–H groups in total. The second-order valence-corrected chi connectivity index (χ2v) is 8.20. The van der Waals surface area contributed by atoms with Crippen LogP contribution in [0.5, 0.6) is 0 Å². The van der Waals surface area contributed by atoms with Gasteiger partial charge in [-0.05, 0) is 24.7 Å². The minimum absolute atomic E-state index is 0.285. The Labute approximate surface area is 106 Å². The molecule has 1 aliphatic rings. The Bertz CT molecular complexity index is 322. The molecule has 0 aromatic rings.